The Kier molecular flexibility index (Phi) is 6.35. The van der Waals surface area contributed by atoms with Gasteiger partial charge in [-0.05, 0) is 0 Å². The van der Waals surface area contributed by atoms with Crippen LogP contribution in [-0.4, -0.2) is 32.2 Å². The van der Waals surface area contributed by atoms with E-state index in [1.54, 1.807) is 0 Å². The molecule has 0 radical (unpaired) electrons. The second kappa shape index (κ2) is 9.71. The van der Waals surface area contributed by atoms with Gasteiger partial charge in [-0.2, -0.15) is 0 Å². The van der Waals surface area contributed by atoms with Crippen molar-refractivity contribution < 1.29 is 17.6 Å². The molecule has 0 amide bonds. The summed E-state index contributed by atoms with van der Waals surface area (Å²) in [4.78, 5) is 11.8. The topological polar surface area (TPSA) is 16.2 Å². The normalized spacial score (nSPS) is 16.7. The molecule has 3 aliphatic rings. The Morgan fingerprint density at radius 3 is 1.42 bits per heavy atom. The van der Waals surface area contributed by atoms with E-state index in [1.807, 2.05) is 0 Å². The zero-order chi connectivity index (χ0) is 26.6. The average molecular weight is 685 g/mol. The third-order valence-corrected chi connectivity index (χ3v) is 10.9. The molecule has 0 N–H and O–H groups in total. The van der Waals surface area contributed by atoms with Gasteiger partial charge in [-0.25, -0.2) is 0 Å². The van der Waals surface area contributed by atoms with Gasteiger partial charge >= 0.3 is 235 Å². The molecule has 0 aromatic heterocycles. The van der Waals surface area contributed by atoms with E-state index < -0.39 is 17.6 Å². The molecule has 0 aliphatic carbocycles. The van der Waals surface area contributed by atoms with Crippen molar-refractivity contribution in [2.75, 3.05) is 28.8 Å². The van der Waals surface area contributed by atoms with Crippen molar-refractivity contribution >= 4 is 36.7 Å². The van der Waals surface area contributed by atoms with Gasteiger partial charge in [-0.15, -0.1) is 0 Å². The summed E-state index contributed by atoms with van der Waals surface area (Å²) in [7, 11) is 4.32. The molecule has 6 heteroatoms. The first kappa shape index (κ1) is 24.9. The summed E-state index contributed by atoms with van der Waals surface area (Å²) in [5.74, 6) is 0.790. The van der Waals surface area contributed by atoms with Crippen LogP contribution in [0.4, 0.5) is 28.4 Å². The Morgan fingerprint density at radius 2 is 0.974 bits per heavy atom. The van der Waals surface area contributed by atoms with Crippen molar-refractivity contribution in [1.29, 1.82) is 0 Å². The van der Waals surface area contributed by atoms with Gasteiger partial charge in [0.15, 0.2) is 0 Å². The molecule has 5 nitrogen and oxygen atoms in total. The van der Waals surface area contributed by atoms with Gasteiger partial charge in [0, 0.05) is 0 Å². The molecule has 4 bridgehead atoms. The van der Waals surface area contributed by atoms with Crippen LogP contribution in [0.2, 0.25) is 0 Å². The van der Waals surface area contributed by atoms with Crippen molar-refractivity contribution in [3.63, 3.8) is 0 Å². The van der Waals surface area contributed by atoms with E-state index in [2.05, 4.69) is 158 Å². The number of hydrogen-bond acceptors (Lipinski definition) is 5. The Balaban J connectivity index is 1.69. The number of anilines is 5. The zero-order valence-corrected chi connectivity index (χ0v) is 25.1. The SMILES string of the molecule is CC(C)c1cccc(C(C)C)c1N1c2cccc(c2)N2C=CN(C)[C]2=[Pt]=[C]2N(C)C=CN2c2cccc1c2. The van der Waals surface area contributed by atoms with Gasteiger partial charge < -0.3 is 0 Å². The fourth-order valence-electron chi connectivity index (χ4n) is 5.26. The van der Waals surface area contributed by atoms with Gasteiger partial charge in [0.05, 0.1) is 0 Å². The molecule has 0 saturated carbocycles. The Bertz CT molecular complexity index is 1420. The maximum absolute atomic E-state index is 2.49. The van der Waals surface area contributed by atoms with E-state index in [1.165, 1.54) is 47.9 Å². The van der Waals surface area contributed by atoms with Crippen LogP contribution in [0, 0.1) is 0 Å². The second-order valence-electron chi connectivity index (χ2n) is 10.6. The summed E-state index contributed by atoms with van der Waals surface area (Å²) in [5, 5.41) is 0. The van der Waals surface area contributed by atoms with Crippen LogP contribution in [0.15, 0.2) is 91.5 Å². The first-order valence-electron chi connectivity index (χ1n) is 13.2. The summed E-state index contributed by atoms with van der Waals surface area (Å²) in [6.07, 6.45) is 8.77. The fraction of sp³-hybridized carbons (Fsp3) is 0.250. The first-order chi connectivity index (χ1) is 18.3. The number of hydrogen-bond donors (Lipinski definition) is 0. The monoisotopic (exact) mass is 684 g/mol. The van der Waals surface area contributed by atoms with Gasteiger partial charge in [0.2, 0.25) is 0 Å². The number of nitrogens with zero attached hydrogens (tertiary/aromatic N) is 5. The third-order valence-electron chi connectivity index (χ3n) is 7.22. The molecule has 3 aromatic rings. The second-order valence-corrected chi connectivity index (χ2v) is 13.2. The van der Waals surface area contributed by atoms with Crippen LogP contribution >= 0.6 is 0 Å². The molecule has 38 heavy (non-hydrogen) atoms. The Labute approximate surface area is 234 Å². The molecular weight excluding hydrogens is 649 g/mol. The van der Waals surface area contributed by atoms with Crippen molar-refractivity contribution in [2.24, 2.45) is 0 Å². The average Bonchev–Trinajstić information content (AvgIpc) is 3.46. The predicted molar refractivity (Wildman–Crippen MR) is 158 cm³/mol. The minimum absolute atomic E-state index is 0.395. The maximum atomic E-state index is 2.49. The summed E-state index contributed by atoms with van der Waals surface area (Å²) >= 11 is -0.484. The van der Waals surface area contributed by atoms with Gasteiger partial charge in [-0.3, -0.25) is 0 Å². The van der Waals surface area contributed by atoms with Crippen LogP contribution < -0.4 is 14.7 Å². The number of fused-ring (bicyclic) bond motifs is 8. The van der Waals surface area contributed by atoms with Gasteiger partial charge in [0.25, 0.3) is 0 Å². The molecule has 198 valence electrons. The van der Waals surface area contributed by atoms with E-state index in [-0.39, 0.29) is 0 Å². The number of para-hydroxylation sites is 1. The van der Waals surface area contributed by atoms with Crippen molar-refractivity contribution in [3.05, 3.63) is 103 Å². The van der Waals surface area contributed by atoms with Crippen molar-refractivity contribution in [2.45, 2.75) is 39.5 Å². The van der Waals surface area contributed by atoms with E-state index in [0.29, 0.717) is 11.8 Å². The molecular formula is C32H35N5Pt. The molecule has 0 fully saturated rings. The Hall–Kier alpha value is -3.43. The molecule has 0 unspecified atom stereocenters. The van der Waals surface area contributed by atoms with Crippen LogP contribution in [0.25, 0.3) is 0 Å². The quantitative estimate of drug-likeness (QED) is 0.292. The van der Waals surface area contributed by atoms with E-state index in [9.17, 15) is 0 Å². The molecule has 3 aliphatic heterocycles. The van der Waals surface area contributed by atoms with E-state index in [4.69, 9.17) is 0 Å². The summed E-state index contributed by atoms with van der Waals surface area (Å²) in [6.45, 7) is 9.20. The van der Waals surface area contributed by atoms with Crippen molar-refractivity contribution in [3.8, 4) is 0 Å². The summed E-state index contributed by atoms with van der Waals surface area (Å²) < 4.78 is 2.68. The van der Waals surface area contributed by atoms with Crippen LogP contribution in [0.3, 0.4) is 0 Å². The molecule has 6 rings (SSSR count). The molecule has 0 saturated heterocycles. The predicted octanol–water partition coefficient (Wildman–Crippen LogP) is 7.12. The molecule has 0 spiro atoms. The number of rotatable bonds is 3. The molecule has 3 heterocycles. The third kappa shape index (κ3) is 4.14. The molecule has 0 atom stereocenters. The first-order valence-corrected chi connectivity index (χ1v) is 15.5. The Morgan fingerprint density at radius 1 is 0.553 bits per heavy atom. The van der Waals surface area contributed by atoms with Crippen LogP contribution in [-0.2, 0) is 17.6 Å². The standard InChI is InChI=1S/C32H35N5.Pt/c1-24(2)30-14-9-15-31(25(3)4)32(30)37(28-12-7-10-26(20-28)35-18-16-33(5)22-35)29-13-8-11-27(21-29)36-19-17-34(6)23-36;/h7-21,24-25H,1-6H3;. The van der Waals surface area contributed by atoms with Crippen LogP contribution in [0.5, 0.6) is 0 Å². The zero-order valence-electron chi connectivity index (χ0n) is 22.9. The summed E-state index contributed by atoms with van der Waals surface area (Å²) in [6, 6.07) is 24.9. The fourth-order valence-corrected chi connectivity index (χ4v) is 8.33. The van der Waals surface area contributed by atoms with Crippen LogP contribution in [0.1, 0.15) is 50.7 Å². The van der Waals surface area contributed by atoms with Crippen molar-refractivity contribution in [1.82, 2.24) is 9.80 Å². The molecule has 3 aromatic carbocycles. The van der Waals surface area contributed by atoms with E-state index >= 15 is 0 Å². The van der Waals surface area contributed by atoms with E-state index in [0.717, 1.165) is 0 Å². The minimum atomic E-state index is -0.484. The summed E-state index contributed by atoms with van der Waals surface area (Å²) in [5.41, 5.74) is 8.76. The number of benzene rings is 3. The van der Waals surface area contributed by atoms with Gasteiger partial charge in [0.1, 0.15) is 0 Å². The van der Waals surface area contributed by atoms with Gasteiger partial charge in [-0.1, -0.05) is 0 Å².